The molecule has 0 N–H and O–H groups in total. The van der Waals surface area contributed by atoms with Crippen molar-refractivity contribution in [1.82, 2.24) is 9.80 Å². The molecule has 0 atom stereocenters. The number of carbonyl (C=O) groups is 1. The number of hydrogen-bond donors (Lipinski definition) is 0. The third-order valence-electron chi connectivity index (χ3n) is 5.46. The van der Waals surface area contributed by atoms with E-state index in [1.54, 1.807) is 4.88 Å². The highest BCUT2D eigenvalue weighted by atomic mass is 32.1. The van der Waals surface area contributed by atoms with E-state index in [-0.39, 0.29) is 5.92 Å². The van der Waals surface area contributed by atoms with Gasteiger partial charge in [-0.3, -0.25) is 9.69 Å². The number of nitrogens with zero attached hydrogens (tertiary/aromatic N) is 2. The second-order valence-corrected chi connectivity index (χ2v) is 7.66. The van der Waals surface area contributed by atoms with Crippen LogP contribution in [-0.2, 0) is 17.8 Å². The number of rotatable bonds is 4. The highest BCUT2D eigenvalue weighted by molar-refractivity contribution is 7.10. The molecule has 0 spiro atoms. The largest absolute Gasteiger partial charge is 0.342 e. The molecule has 22 heavy (non-hydrogen) atoms. The molecule has 4 heteroatoms. The summed E-state index contributed by atoms with van der Waals surface area (Å²) in [5, 5.41) is 2.23. The Labute approximate surface area is 138 Å². The summed E-state index contributed by atoms with van der Waals surface area (Å²) in [6.07, 6.45) is 5.45. The van der Waals surface area contributed by atoms with Crippen molar-refractivity contribution in [2.45, 2.75) is 58.5 Å². The standard InChI is InChI=1S/C18H28N2OS/c1-3-14(4-2)18(21)19-9-5-16(6-10-19)20-11-7-17-15(13-20)8-12-22-17/h8,12,14,16H,3-7,9-11,13H2,1-2H3. The number of amides is 1. The van der Waals surface area contributed by atoms with E-state index in [2.05, 4.69) is 35.1 Å². The van der Waals surface area contributed by atoms with Gasteiger partial charge in [0.1, 0.15) is 0 Å². The van der Waals surface area contributed by atoms with Crippen molar-refractivity contribution in [3.63, 3.8) is 0 Å². The fourth-order valence-corrected chi connectivity index (χ4v) is 4.82. The Morgan fingerprint density at radius 2 is 2.00 bits per heavy atom. The maximum Gasteiger partial charge on any atom is 0.225 e. The van der Waals surface area contributed by atoms with Crippen LogP contribution in [0.5, 0.6) is 0 Å². The van der Waals surface area contributed by atoms with Crippen LogP contribution in [0.1, 0.15) is 50.0 Å². The number of thiophene rings is 1. The molecular formula is C18H28N2OS. The number of likely N-dealkylation sites (tertiary alicyclic amines) is 1. The van der Waals surface area contributed by atoms with Crippen LogP contribution in [0.4, 0.5) is 0 Å². The van der Waals surface area contributed by atoms with Gasteiger partial charge in [0.05, 0.1) is 0 Å². The topological polar surface area (TPSA) is 23.6 Å². The van der Waals surface area contributed by atoms with Gasteiger partial charge >= 0.3 is 0 Å². The quantitative estimate of drug-likeness (QED) is 0.847. The average Bonchev–Trinajstić information content (AvgIpc) is 3.03. The van der Waals surface area contributed by atoms with Gasteiger partial charge in [0.15, 0.2) is 0 Å². The van der Waals surface area contributed by atoms with E-state index < -0.39 is 0 Å². The number of fused-ring (bicyclic) bond motifs is 1. The average molecular weight is 321 g/mol. The molecule has 122 valence electrons. The van der Waals surface area contributed by atoms with Crippen molar-refractivity contribution in [3.8, 4) is 0 Å². The fourth-order valence-electron chi connectivity index (χ4n) is 3.93. The summed E-state index contributed by atoms with van der Waals surface area (Å²) < 4.78 is 0. The van der Waals surface area contributed by atoms with Gasteiger partial charge in [-0.2, -0.15) is 0 Å². The molecule has 2 aliphatic rings. The van der Waals surface area contributed by atoms with Gasteiger partial charge in [0.2, 0.25) is 5.91 Å². The first-order chi connectivity index (χ1) is 10.7. The van der Waals surface area contributed by atoms with E-state index in [4.69, 9.17) is 0 Å². The van der Waals surface area contributed by atoms with Gasteiger partial charge in [-0.25, -0.2) is 0 Å². The van der Waals surface area contributed by atoms with Crippen LogP contribution >= 0.6 is 11.3 Å². The maximum absolute atomic E-state index is 12.5. The van der Waals surface area contributed by atoms with Gasteiger partial charge < -0.3 is 4.90 Å². The van der Waals surface area contributed by atoms with Gasteiger partial charge in [-0.05, 0) is 49.1 Å². The van der Waals surface area contributed by atoms with E-state index in [9.17, 15) is 4.79 Å². The highest BCUT2D eigenvalue weighted by Crippen LogP contribution is 2.28. The van der Waals surface area contributed by atoms with Crippen LogP contribution in [0.25, 0.3) is 0 Å². The van der Waals surface area contributed by atoms with Crippen molar-refractivity contribution < 1.29 is 4.79 Å². The minimum atomic E-state index is 0.236. The highest BCUT2D eigenvalue weighted by Gasteiger charge is 2.30. The molecule has 3 heterocycles. The van der Waals surface area contributed by atoms with Gasteiger partial charge in [0, 0.05) is 43.0 Å². The van der Waals surface area contributed by atoms with Crippen molar-refractivity contribution in [2.75, 3.05) is 19.6 Å². The molecule has 0 radical (unpaired) electrons. The molecular weight excluding hydrogens is 292 g/mol. The van der Waals surface area contributed by atoms with Crippen molar-refractivity contribution in [1.29, 1.82) is 0 Å². The van der Waals surface area contributed by atoms with E-state index >= 15 is 0 Å². The lowest BCUT2D eigenvalue weighted by atomic mass is 9.96. The third-order valence-corrected chi connectivity index (χ3v) is 6.49. The first-order valence-electron chi connectivity index (χ1n) is 8.81. The maximum atomic E-state index is 12.5. The Kier molecular flexibility index (Phi) is 5.19. The third kappa shape index (κ3) is 3.23. The molecule has 2 aliphatic heterocycles. The second-order valence-electron chi connectivity index (χ2n) is 6.66. The predicted octanol–water partition coefficient (Wildman–Crippen LogP) is 3.53. The molecule has 0 unspecified atom stereocenters. The molecule has 1 saturated heterocycles. The first kappa shape index (κ1) is 16.0. The summed E-state index contributed by atoms with van der Waals surface area (Å²) in [4.78, 5) is 18.8. The van der Waals surface area contributed by atoms with Crippen molar-refractivity contribution in [2.24, 2.45) is 5.92 Å². The zero-order chi connectivity index (χ0) is 15.5. The lowest BCUT2D eigenvalue weighted by molar-refractivity contribution is -0.137. The Bertz CT molecular complexity index is 501. The molecule has 1 fully saturated rings. The van der Waals surface area contributed by atoms with Crippen molar-refractivity contribution >= 4 is 17.2 Å². The number of hydrogen-bond acceptors (Lipinski definition) is 3. The molecule has 0 aliphatic carbocycles. The second kappa shape index (κ2) is 7.14. The summed E-state index contributed by atoms with van der Waals surface area (Å²) in [7, 11) is 0. The summed E-state index contributed by atoms with van der Waals surface area (Å²) in [6.45, 7) is 8.47. The van der Waals surface area contributed by atoms with E-state index in [0.29, 0.717) is 11.9 Å². The van der Waals surface area contributed by atoms with Crippen LogP contribution < -0.4 is 0 Å². The molecule has 1 aromatic rings. The van der Waals surface area contributed by atoms with Gasteiger partial charge in [0.25, 0.3) is 0 Å². The lowest BCUT2D eigenvalue weighted by Gasteiger charge is -2.40. The lowest BCUT2D eigenvalue weighted by Crippen LogP contribution is -2.49. The Morgan fingerprint density at radius 3 is 2.68 bits per heavy atom. The molecule has 3 rings (SSSR count). The summed E-state index contributed by atoms with van der Waals surface area (Å²) >= 11 is 1.91. The van der Waals surface area contributed by atoms with Gasteiger partial charge in [-0.15, -0.1) is 11.3 Å². The smallest absolute Gasteiger partial charge is 0.225 e. The molecule has 0 bridgehead atoms. The van der Waals surface area contributed by atoms with Crippen molar-refractivity contribution in [3.05, 3.63) is 21.9 Å². The summed E-state index contributed by atoms with van der Waals surface area (Å²) in [5.74, 6) is 0.627. The minimum Gasteiger partial charge on any atom is -0.342 e. The van der Waals surface area contributed by atoms with Crippen LogP contribution in [-0.4, -0.2) is 41.4 Å². The van der Waals surface area contributed by atoms with E-state index in [1.807, 2.05) is 11.3 Å². The van der Waals surface area contributed by atoms with Crippen LogP contribution in [0.15, 0.2) is 11.4 Å². The number of carbonyl (C=O) groups excluding carboxylic acids is 1. The molecule has 0 saturated carbocycles. The first-order valence-corrected chi connectivity index (χ1v) is 9.69. The fraction of sp³-hybridized carbons (Fsp3) is 0.722. The Hall–Kier alpha value is -0.870. The minimum absolute atomic E-state index is 0.236. The summed E-state index contributed by atoms with van der Waals surface area (Å²) in [5.41, 5.74) is 1.53. The Balaban J connectivity index is 1.53. The number of piperidine rings is 1. The molecule has 1 aromatic heterocycles. The normalized spacial score (nSPS) is 20.4. The molecule has 1 amide bonds. The monoisotopic (exact) mass is 320 g/mol. The molecule has 3 nitrogen and oxygen atoms in total. The predicted molar refractivity (Wildman–Crippen MR) is 92.1 cm³/mol. The van der Waals surface area contributed by atoms with Crippen LogP contribution in [0.2, 0.25) is 0 Å². The zero-order valence-electron chi connectivity index (χ0n) is 13.9. The SMILES string of the molecule is CCC(CC)C(=O)N1CCC(N2CCc3sccc3C2)CC1. The van der Waals surface area contributed by atoms with Crippen LogP contribution in [0.3, 0.4) is 0 Å². The van der Waals surface area contributed by atoms with Gasteiger partial charge in [-0.1, -0.05) is 13.8 Å². The molecule has 0 aromatic carbocycles. The summed E-state index contributed by atoms with van der Waals surface area (Å²) in [6, 6.07) is 2.96. The Morgan fingerprint density at radius 1 is 1.27 bits per heavy atom. The van der Waals surface area contributed by atoms with E-state index in [1.165, 1.54) is 18.5 Å². The van der Waals surface area contributed by atoms with E-state index in [0.717, 1.165) is 45.3 Å². The zero-order valence-corrected chi connectivity index (χ0v) is 14.7. The van der Waals surface area contributed by atoms with Crippen LogP contribution in [0, 0.1) is 5.92 Å².